The van der Waals surface area contributed by atoms with E-state index >= 15 is 0 Å². The first-order chi connectivity index (χ1) is 7.74. The summed E-state index contributed by atoms with van der Waals surface area (Å²) in [6.45, 7) is 7.69. The predicted molar refractivity (Wildman–Crippen MR) is 67.5 cm³/mol. The normalized spacial score (nSPS) is 32.5. The highest BCUT2D eigenvalue weighted by Gasteiger charge is 2.20. The molecule has 92 valence electrons. The van der Waals surface area contributed by atoms with Crippen molar-refractivity contribution in [3.05, 3.63) is 11.6 Å². The molecule has 2 heteroatoms. The second-order valence-corrected chi connectivity index (χ2v) is 5.59. The van der Waals surface area contributed by atoms with E-state index in [2.05, 4.69) is 25.2 Å². The molecule has 0 amide bonds. The summed E-state index contributed by atoms with van der Waals surface area (Å²) in [6, 6.07) is 0.704. The third-order valence-electron chi connectivity index (χ3n) is 3.80. The van der Waals surface area contributed by atoms with Crippen LogP contribution in [-0.4, -0.2) is 25.8 Å². The van der Waals surface area contributed by atoms with Gasteiger partial charge in [0.1, 0.15) is 0 Å². The van der Waals surface area contributed by atoms with Crippen LogP contribution in [0.25, 0.3) is 0 Å². The zero-order valence-corrected chi connectivity index (χ0v) is 10.7. The molecule has 0 aromatic heterocycles. The van der Waals surface area contributed by atoms with Gasteiger partial charge in [-0.25, -0.2) is 0 Å². The number of hydrogen-bond acceptors (Lipinski definition) is 2. The summed E-state index contributed by atoms with van der Waals surface area (Å²) in [7, 11) is 0. The molecular formula is C14H25NO. The van der Waals surface area contributed by atoms with Crippen molar-refractivity contribution in [3.63, 3.8) is 0 Å². The molecule has 2 aliphatic rings. The topological polar surface area (TPSA) is 21.3 Å². The Kier molecular flexibility index (Phi) is 4.42. The van der Waals surface area contributed by atoms with E-state index in [1.165, 1.54) is 32.2 Å². The summed E-state index contributed by atoms with van der Waals surface area (Å²) < 4.78 is 5.38. The Hall–Kier alpha value is -0.340. The molecule has 0 bridgehead atoms. The lowest BCUT2D eigenvalue weighted by atomic mass is 9.83. The molecule has 0 aromatic rings. The molecule has 1 aliphatic carbocycles. The van der Waals surface area contributed by atoms with Crippen LogP contribution in [0.2, 0.25) is 0 Å². The van der Waals surface area contributed by atoms with Crippen LogP contribution in [0.5, 0.6) is 0 Å². The van der Waals surface area contributed by atoms with Gasteiger partial charge in [0, 0.05) is 19.3 Å². The summed E-state index contributed by atoms with van der Waals surface area (Å²) in [5, 5.41) is 3.73. The van der Waals surface area contributed by atoms with Crippen LogP contribution in [0.15, 0.2) is 11.6 Å². The molecule has 1 N–H and O–H groups in total. The van der Waals surface area contributed by atoms with E-state index in [1.54, 1.807) is 5.57 Å². The standard InChI is InChI=1S/C14H25NO/c1-11-7-12(2)9-13(8-11)10-15-14-3-5-16-6-4-14/h7,11,13-15H,3-6,8-10H2,1-2H3. The van der Waals surface area contributed by atoms with E-state index in [0.29, 0.717) is 6.04 Å². The summed E-state index contributed by atoms with van der Waals surface area (Å²) in [4.78, 5) is 0. The lowest BCUT2D eigenvalue weighted by molar-refractivity contribution is 0.0766. The largest absolute Gasteiger partial charge is 0.381 e. The quantitative estimate of drug-likeness (QED) is 0.743. The van der Waals surface area contributed by atoms with Crippen LogP contribution in [-0.2, 0) is 4.74 Å². The van der Waals surface area contributed by atoms with Crippen LogP contribution in [0.3, 0.4) is 0 Å². The van der Waals surface area contributed by atoms with Crippen molar-refractivity contribution in [2.45, 2.75) is 45.6 Å². The smallest absolute Gasteiger partial charge is 0.0480 e. The fraction of sp³-hybridized carbons (Fsp3) is 0.857. The van der Waals surface area contributed by atoms with Gasteiger partial charge in [-0.1, -0.05) is 18.6 Å². The van der Waals surface area contributed by atoms with E-state index in [9.17, 15) is 0 Å². The molecule has 2 rings (SSSR count). The highest BCUT2D eigenvalue weighted by Crippen LogP contribution is 2.27. The van der Waals surface area contributed by atoms with E-state index in [1.807, 2.05) is 0 Å². The van der Waals surface area contributed by atoms with Gasteiger partial charge in [-0.3, -0.25) is 0 Å². The summed E-state index contributed by atoms with van der Waals surface area (Å²) in [6.07, 6.45) is 7.47. The minimum absolute atomic E-state index is 0.704. The maximum Gasteiger partial charge on any atom is 0.0480 e. The van der Waals surface area contributed by atoms with E-state index in [-0.39, 0.29) is 0 Å². The van der Waals surface area contributed by atoms with Crippen molar-refractivity contribution in [2.75, 3.05) is 19.8 Å². The van der Waals surface area contributed by atoms with Crippen molar-refractivity contribution >= 4 is 0 Å². The van der Waals surface area contributed by atoms with E-state index in [0.717, 1.165) is 25.0 Å². The minimum Gasteiger partial charge on any atom is -0.381 e. The molecule has 16 heavy (non-hydrogen) atoms. The third-order valence-corrected chi connectivity index (χ3v) is 3.80. The van der Waals surface area contributed by atoms with Gasteiger partial charge in [-0.05, 0) is 51.0 Å². The van der Waals surface area contributed by atoms with Gasteiger partial charge >= 0.3 is 0 Å². The zero-order valence-electron chi connectivity index (χ0n) is 10.7. The Morgan fingerprint density at radius 1 is 1.38 bits per heavy atom. The molecule has 1 saturated heterocycles. The Balaban J connectivity index is 1.71. The average Bonchev–Trinajstić information content (AvgIpc) is 2.27. The van der Waals surface area contributed by atoms with Gasteiger partial charge in [0.2, 0.25) is 0 Å². The molecule has 1 fully saturated rings. The number of hydrogen-bond donors (Lipinski definition) is 1. The van der Waals surface area contributed by atoms with Gasteiger partial charge < -0.3 is 10.1 Å². The summed E-state index contributed by atoms with van der Waals surface area (Å²) in [5.41, 5.74) is 1.58. The maximum atomic E-state index is 5.38. The number of ether oxygens (including phenoxy) is 1. The molecular weight excluding hydrogens is 198 g/mol. The molecule has 1 aliphatic heterocycles. The molecule has 0 radical (unpaired) electrons. The van der Waals surface area contributed by atoms with Crippen LogP contribution in [0.4, 0.5) is 0 Å². The van der Waals surface area contributed by atoms with Crippen molar-refractivity contribution < 1.29 is 4.74 Å². The third kappa shape index (κ3) is 3.60. The fourth-order valence-corrected chi connectivity index (χ4v) is 3.08. The first-order valence-corrected chi connectivity index (χ1v) is 6.72. The van der Waals surface area contributed by atoms with Crippen LogP contribution in [0.1, 0.15) is 39.5 Å². The molecule has 2 atom stereocenters. The number of nitrogens with one attached hydrogen (secondary N) is 1. The molecule has 1 heterocycles. The van der Waals surface area contributed by atoms with Gasteiger partial charge in [0.25, 0.3) is 0 Å². The van der Waals surface area contributed by atoms with Crippen molar-refractivity contribution in [1.29, 1.82) is 0 Å². The van der Waals surface area contributed by atoms with Gasteiger partial charge in [-0.15, -0.1) is 0 Å². The van der Waals surface area contributed by atoms with Crippen molar-refractivity contribution in [1.82, 2.24) is 5.32 Å². The van der Waals surface area contributed by atoms with Crippen molar-refractivity contribution in [3.8, 4) is 0 Å². The zero-order chi connectivity index (χ0) is 11.4. The maximum absolute atomic E-state index is 5.38. The van der Waals surface area contributed by atoms with Crippen LogP contribution >= 0.6 is 0 Å². The number of rotatable bonds is 3. The van der Waals surface area contributed by atoms with Gasteiger partial charge in [-0.2, -0.15) is 0 Å². The first kappa shape index (κ1) is 12.1. The van der Waals surface area contributed by atoms with Crippen molar-refractivity contribution in [2.24, 2.45) is 11.8 Å². The lowest BCUT2D eigenvalue weighted by Crippen LogP contribution is -2.38. The molecule has 0 spiro atoms. The molecule has 0 saturated carbocycles. The SMILES string of the molecule is CC1=CC(C)CC(CNC2CCOCC2)C1. The average molecular weight is 223 g/mol. The fourth-order valence-electron chi connectivity index (χ4n) is 3.08. The predicted octanol–water partition coefficient (Wildman–Crippen LogP) is 2.75. The Morgan fingerprint density at radius 3 is 2.81 bits per heavy atom. The Morgan fingerprint density at radius 2 is 2.12 bits per heavy atom. The second kappa shape index (κ2) is 5.83. The molecule has 2 unspecified atom stereocenters. The van der Waals surface area contributed by atoms with E-state index in [4.69, 9.17) is 4.74 Å². The Bertz CT molecular complexity index is 243. The highest BCUT2D eigenvalue weighted by molar-refractivity contribution is 5.06. The van der Waals surface area contributed by atoms with Crippen LogP contribution < -0.4 is 5.32 Å². The molecule has 0 aromatic carbocycles. The van der Waals surface area contributed by atoms with Gasteiger partial charge in [0.15, 0.2) is 0 Å². The lowest BCUT2D eigenvalue weighted by Gasteiger charge is -2.29. The minimum atomic E-state index is 0.704. The second-order valence-electron chi connectivity index (χ2n) is 5.59. The van der Waals surface area contributed by atoms with E-state index < -0.39 is 0 Å². The van der Waals surface area contributed by atoms with Crippen LogP contribution in [0, 0.1) is 11.8 Å². The number of allylic oxidation sites excluding steroid dienone is 2. The molecule has 2 nitrogen and oxygen atoms in total. The highest BCUT2D eigenvalue weighted by atomic mass is 16.5. The Labute approximate surface area is 99.4 Å². The summed E-state index contributed by atoms with van der Waals surface area (Å²) in [5.74, 6) is 1.62. The first-order valence-electron chi connectivity index (χ1n) is 6.72. The monoisotopic (exact) mass is 223 g/mol. The summed E-state index contributed by atoms with van der Waals surface area (Å²) >= 11 is 0. The van der Waals surface area contributed by atoms with Gasteiger partial charge in [0.05, 0.1) is 0 Å².